The molecule has 1 aliphatic rings. The van der Waals surface area contributed by atoms with Gasteiger partial charge in [-0.25, -0.2) is 0 Å². The van der Waals surface area contributed by atoms with Gasteiger partial charge in [-0.3, -0.25) is 9.69 Å². The number of hydrogen-bond acceptors (Lipinski definition) is 3. The lowest BCUT2D eigenvalue weighted by Crippen LogP contribution is -2.48. The maximum absolute atomic E-state index is 12.7. The van der Waals surface area contributed by atoms with Crippen molar-refractivity contribution < 1.29 is 4.79 Å². The summed E-state index contributed by atoms with van der Waals surface area (Å²) >= 11 is 6.10. The van der Waals surface area contributed by atoms with Crippen molar-refractivity contribution in [3.05, 3.63) is 89.4 Å². The summed E-state index contributed by atoms with van der Waals surface area (Å²) in [5.74, 6) is 0.177. The van der Waals surface area contributed by atoms with Crippen molar-refractivity contribution in [2.24, 2.45) is 0 Å². The van der Waals surface area contributed by atoms with Crippen LogP contribution in [-0.2, 0) is 0 Å². The average molecular weight is 391 g/mol. The Hall–Kier alpha value is -2.62. The van der Waals surface area contributed by atoms with Crippen molar-refractivity contribution in [1.82, 2.24) is 4.90 Å². The Labute approximate surface area is 171 Å². The van der Waals surface area contributed by atoms with Gasteiger partial charge in [0.1, 0.15) is 0 Å². The lowest BCUT2D eigenvalue weighted by molar-refractivity contribution is 0.0926. The van der Waals surface area contributed by atoms with Gasteiger partial charge >= 0.3 is 0 Å². The van der Waals surface area contributed by atoms with Crippen LogP contribution in [0, 0.1) is 0 Å². The molecule has 0 atom stereocenters. The van der Waals surface area contributed by atoms with Gasteiger partial charge < -0.3 is 4.90 Å². The highest BCUT2D eigenvalue weighted by Crippen LogP contribution is 2.22. The number of hydrogen-bond donors (Lipinski definition) is 0. The Balaban J connectivity index is 1.33. The molecule has 0 radical (unpaired) electrons. The molecule has 0 bridgehead atoms. The molecule has 0 N–H and O–H groups in total. The zero-order chi connectivity index (χ0) is 19.3. The van der Waals surface area contributed by atoms with Gasteiger partial charge in [-0.15, -0.1) is 0 Å². The summed E-state index contributed by atoms with van der Waals surface area (Å²) in [6.07, 6.45) is 0. The number of Topliss-reactive ketones (excluding diaryl/α,β-unsaturated/α-hetero) is 1. The normalized spacial score (nSPS) is 14.8. The fourth-order valence-corrected chi connectivity index (χ4v) is 3.80. The minimum atomic E-state index is 0.177. The molecule has 0 spiro atoms. The number of benzene rings is 3. The van der Waals surface area contributed by atoms with Gasteiger partial charge in [-0.1, -0.05) is 72.3 Å². The molecule has 0 aromatic heterocycles. The Morgan fingerprint density at radius 3 is 2.14 bits per heavy atom. The Morgan fingerprint density at radius 1 is 0.786 bits per heavy atom. The fourth-order valence-electron chi connectivity index (χ4n) is 3.61. The SMILES string of the molecule is O=C(CN1CCN(c2cccc(Cl)c2)CC1)c1ccc(-c2ccccc2)cc1. The second-order valence-electron chi connectivity index (χ2n) is 7.11. The van der Waals surface area contributed by atoms with Gasteiger partial charge in [0.05, 0.1) is 6.54 Å². The van der Waals surface area contributed by atoms with E-state index in [9.17, 15) is 4.79 Å². The summed E-state index contributed by atoms with van der Waals surface area (Å²) < 4.78 is 0. The smallest absolute Gasteiger partial charge is 0.176 e. The number of nitrogens with zero attached hydrogens (tertiary/aromatic N) is 2. The van der Waals surface area contributed by atoms with E-state index in [0.717, 1.165) is 48.0 Å². The second kappa shape index (κ2) is 8.59. The minimum Gasteiger partial charge on any atom is -0.369 e. The molecule has 1 aliphatic heterocycles. The standard InChI is InChI=1S/C24H23ClN2O/c25-22-7-4-8-23(17-22)27-15-13-26(14-16-27)18-24(28)21-11-9-20(10-12-21)19-5-2-1-3-6-19/h1-12,17H,13-16,18H2. The van der Waals surface area contributed by atoms with E-state index < -0.39 is 0 Å². The summed E-state index contributed by atoms with van der Waals surface area (Å²) in [5, 5.41) is 0.758. The minimum absolute atomic E-state index is 0.177. The van der Waals surface area contributed by atoms with Crippen LogP contribution in [0.1, 0.15) is 10.4 Å². The number of halogens is 1. The highest BCUT2D eigenvalue weighted by atomic mass is 35.5. The summed E-state index contributed by atoms with van der Waals surface area (Å²) in [6.45, 7) is 4.02. The van der Waals surface area contributed by atoms with Gasteiger partial charge in [0.25, 0.3) is 0 Å². The van der Waals surface area contributed by atoms with Crippen LogP contribution < -0.4 is 4.90 Å². The van der Waals surface area contributed by atoms with Gasteiger partial charge in [0.2, 0.25) is 0 Å². The van der Waals surface area contributed by atoms with Crippen molar-refractivity contribution in [2.75, 3.05) is 37.6 Å². The van der Waals surface area contributed by atoms with Crippen LogP contribution in [0.3, 0.4) is 0 Å². The number of anilines is 1. The number of piperazine rings is 1. The third-order valence-corrected chi connectivity index (χ3v) is 5.46. The van der Waals surface area contributed by atoms with Crippen LogP contribution >= 0.6 is 11.6 Å². The van der Waals surface area contributed by atoms with Crippen molar-refractivity contribution >= 4 is 23.1 Å². The van der Waals surface area contributed by atoms with Gasteiger partial charge in [-0.05, 0) is 29.3 Å². The van der Waals surface area contributed by atoms with Gasteiger partial charge in [0, 0.05) is 42.5 Å². The first kappa shape index (κ1) is 18.7. The van der Waals surface area contributed by atoms with E-state index >= 15 is 0 Å². The molecule has 0 unspecified atom stereocenters. The quantitative estimate of drug-likeness (QED) is 0.572. The molecule has 28 heavy (non-hydrogen) atoms. The molecule has 0 saturated carbocycles. The average Bonchev–Trinajstić information content (AvgIpc) is 2.75. The highest BCUT2D eigenvalue weighted by Gasteiger charge is 2.20. The molecule has 3 aromatic carbocycles. The number of ketones is 1. The third kappa shape index (κ3) is 4.44. The first-order chi connectivity index (χ1) is 13.7. The van der Waals surface area contributed by atoms with Crippen LogP contribution in [0.25, 0.3) is 11.1 Å². The topological polar surface area (TPSA) is 23.6 Å². The van der Waals surface area contributed by atoms with Crippen molar-refractivity contribution in [3.63, 3.8) is 0 Å². The van der Waals surface area contributed by atoms with Gasteiger partial charge in [-0.2, -0.15) is 0 Å². The molecule has 3 aromatic rings. The Bertz CT molecular complexity index is 932. The van der Waals surface area contributed by atoms with Crippen LogP contribution in [0.2, 0.25) is 5.02 Å². The van der Waals surface area contributed by atoms with Crippen LogP contribution in [0.15, 0.2) is 78.9 Å². The van der Waals surface area contributed by atoms with E-state index in [4.69, 9.17) is 11.6 Å². The zero-order valence-corrected chi connectivity index (χ0v) is 16.5. The lowest BCUT2D eigenvalue weighted by Gasteiger charge is -2.35. The molecule has 3 nitrogen and oxygen atoms in total. The van der Waals surface area contributed by atoms with E-state index in [-0.39, 0.29) is 5.78 Å². The summed E-state index contributed by atoms with van der Waals surface area (Å²) in [7, 11) is 0. The predicted molar refractivity (Wildman–Crippen MR) is 116 cm³/mol. The molecule has 4 heteroatoms. The summed E-state index contributed by atoms with van der Waals surface area (Å²) in [4.78, 5) is 17.2. The lowest BCUT2D eigenvalue weighted by atomic mass is 10.0. The molecule has 0 amide bonds. The second-order valence-corrected chi connectivity index (χ2v) is 7.55. The molecular weight excluding hydrogens is 368 g/mol. The van der Waals surface area contributed by atoms with Crippen molar-refractivity contribution in [1.29, 1.82) is 0 Å². The molecule has 4 rings (SSSR count). The first-order valence-electron chi connectivity index (χ1n) is 9.60. The predicted octanol–water partition coefficient (Wildman–Crippen LogP) is 5.01. The molecule has 142 valence electrons. The first-order valence-corrected chi connectivity index (χ1v) is 9.98. The Kier molecular flexibility index (Phi) is 5.75. The zero-order valence-electron chi connectivity index (χ0n) is 15.7. The molecule has 1 saturated heterocycles. The molecule has 1 heterocycles. The number of rotatable bonds is 5. The van der Waals surface area contributed by atoms with E-state index in [1.807, 2.05) is 60.7 Å². The Morgan fingerprint density at radius 2 is 1.46 bits per heavy atom. The third-order valence-electron chi connectivity index (χ3n) is 5.23. The summed E-state index contributed by atoms with van der Waals surface area (Å²) in [5.41, 5.74) is 4.22. The van der Waals surface area contributed by atoms with E-state index in [1.54, 1.807) is 0 Å². The van der Waals surface area contributed by atoms with E-state index in [2.05, 4.69) is 28.0 Å². The fraction of sp³-hybridized carbons (Fsp3) is 0.208. The van der Waals surface area contributed by atoms with Gasteiger partial charge in [0.15, 0.2) is 5.78 Å². The van der Waals surface area contributed by atoms with Crippen molar-refractivity contribution in [2.45, 2.75) is 0 Å². The molecule has 0 aliphatic carbocycles. The van der Waals surface area contributed by atoms with E-state index in [0.29, 0.717) is 6.54 Å². The number of carbonyl (C=O) groups is 1. The number of carbonyl (C=O) groups excluding carboxylic acids is 1. The van der Waals surface area contributed by atoms with Crippen LogP contribution in [0.5, 0.6) is 0 Å². The maximum atomic E-state index is 12.7. The summed E-state index contributed by atoms with van der Waals surface area (Å²) in [6, 6.07) is 26.1. The molecule has 1 fully saturated rings. The molecular formula is C24H23ClN2O. The van der Waals surface area contributed by atoms with Crippen molar-refractivity contribution in [3.8, 4) is 11.1 Å². The maximum Gasteiger partial charge on any atom is 0.176 e. The van der Waals surface area contributed by atoms with E-state index in [1.165, 1.54) is 5.56 Å². The van der Waals surface area contributed by atoms with Crippen LogP contribution in [0.4, 0.5) is 5.69 Å². The van der Waals surface area contributed by atoms with Crippen LogP contribution in [-0.4, -0.2) is 43.4 Å². The largest absolute Gasteiger partial charge is 0.369 e. The monoisotopic (exact) mass is 390 g/mol. The highest BCUT2D eigenvalue weighted by molar-refractivity contribution is 6.30.